The normalized spacial score (nSPS) is 19.8. The molecule has 0 spiro atoms. The maximum Gasteiger partial charge on any atom is 0.0618 e. The molecule has 1 aliphatic rings. The van der Waals surface area contributed by atoms with Gasteiger partial charge in [-0.15, -0.1) is 0 Å². The molecule has 0 radical (unpaired) electrons. The van der Waals surface area contributed by atoms with E-state index >= 15 is 0 Å². The molecule has 3 heteroatoms. The van der Waals surface area contributed by atoms with Crippen LogP contribution in [0.3, 0.4) is 0 Å². The van der Waals surface area contributed by atoms with Gasteiger partial charge >= 0.3 is 0 Å². The highest BCUT2D eigenvalue weighted by Crippen LogP contribution is 2.25. The number of nitrogens with zero attached hydrogens (tertiary/aromatic N) is 1. The van der Waals surface area contributed by atoms with Crippen LogP contribution >= 0.6 is 0 Å². The molecule has 0 aromatic carbocycles. The molecule has 1 unspecified atom stereocenters. The van der Waals surface area contributed by atoms with Crippen LogP contribution in [-0.4, -0.2) is 43.8 Å². The van der Waals surface area contributed by atoms with Crippen molar-refractivity contribution >= 4 is 0 Å². The van der Waals surface area contributed by atoms with Gasteiger partial charge in [0.25, 0.3) is 0 Å². The summed E-state index contributed by atoms with van der Waals surface area (Å²) in [4.78, 5) is 2.66. The van der Waals surface area contributed by atoms with E-state index in [1.54, 1.807) is 0 Å². The molecule has 1 aliphatic carbocycles. The molecule has 2 N–H and O–H groups in total. The van der Waals surface area contributed by atoms with Gasteiger partial charge in [-0.2, -0.15) is 0 Å². The van der Waals surface area contributed by atoms with E-state index in [1.165, 1.54) is 38.5 Å². The minimum absolute atomic E-state index is 0.566. The van der Waals surface area contributed by atoms with Crippen molar-refractivity contribution in [3.05, 3.63) is 0 Å². The lowest BCUT2D eigenvalue weighted by Gasteiger charge is -2.39. The van der Waals surface area contributed by atoms with E-state index in [0.717, 1.165) is 32.2 Å². The first-order valence-electron chi connectivity index (χ1n) is 7.28. The monoisotopic (exact) mass is 242 g/mol. The molecule has 0 saturated heterocycles. The number of methoxy groups -OCH3 is 1. The summed E-state index contributed by atoms with van der Waals surface area (Å²) in [6.07, 6.45) is 9.25. The van der Waals surface area contributed by atoms with E-state index in [4.69, 9.17) is 10.5 Å². The molecule has 0 amide bonds. The largest absolute Gasteiger partial charge is 0.383 e. The summed E-state index contributed by atoms with van der Waals surface area (Å²) in [5.41, 5.74) is 5.63. The van der Waals surface area contributed by atoms with E-state index in [2.05, 4.69) is 11.8 Å². The molecule has 102 valence electrons. The fourth-order valence-corrected chi connectivity index (χ4v) is 3.12. The van der Waals surface area contributed by atoms with Gasteiger partial charge in [0.2, 0.25) is 0 Å². The molecular formula is C14H30N2O. The van der Waals surface area contributed by atoms with Gasteiger partial charge in [-0.25, -0.2) is 0 Å². The van der Waals surface area contributed by atoms with Crippen LogP contribution in [0.1, 0.15) is 51.9 Å². The van der Waals surface area contributed by atoms with Gasteiger partial charge in [0, 0.05) is 19.2 Å². The summed E-state index contributed by atoms with van der Waals surface area (Å²) < 4.78 is 5.39. The van der Waals surface area contributed by atoms with Crippen molar-refractivity contribution in [2.45, 2.75) is 64.0 Å². The Bertz CT molecular complexity index is 181. The lowest BCUT2D eigenvalue weighted by Crippen LogP contribution is -2.46. The highest BCUT2D eigenvalue weighted by atomic mass is 16.5. The average Bonchev–Trinajstić information content (AvgIpc) is 2.38. The van der Waals surface area contributed by atoms with Gasteiger partial charge < -0.3 is 10.5 Å². The van der Waals surface area contributed by atoms with Crippen LogP contribution in [0.25, 0.3) is 0 Å². The molecule has 0 aromatic heterocycles. The van der Waals surface area contributed by atoms with Crippen molar-refractivity contribution in [3.8, 4) is 0 Å². The first-order valence-corrected chi connectivity index (χ1v) is 7.28. The van der Waals surface area contributed by atoms with Crippen molar-refractivity contribution in [3.63, 3.8) is 0 Å². The van der Waals surface area contributed by atoms with Crippen molar-refractivity contribution < 1.29 is 4.74 Å². The summed E-state index contributed by atoms with van der Waals surface area (Å²) in [6.45, 7) is 5.07. The third kappa shape index (κ3) is 4.94. The lowest BCUT2D eigenvalue weighted by molar-refractivity contribution is 0.0456. The number of likely N-dealkylation sites (N-methyl/N-ethyl adjacent to an activating group) is 1. The Kier molecular flexibility index (Phi) is 7.82. The zero-order chi connectivity index (χ0) is 12.5. The summed E-state index contributed by atoms with van der Waals surface area (Å²) in [7, 11) is 1.81. The summed E-state index contributed by atoms with van der Waals surface area (Å²) in [5.74, 6) is 0. The van der Waals surface area contributed by atoms with Crippen molar-refractivity contribution in [2.24, 2.45) is 5.73 Å². The fraction of sp³-hybridized carbons (Fsp3) is 1.00. The molecular weight excluding hydrogens is 212 g/mol. The van der Waals surface area contributed by atoms with Crippen LogP contribution < -0.4 is 5.73 Å². The number of hydrogen-bond acceptors (Lipinski definition) is 3. The number of nitrogens with two attached hydrogens (primary N) is 1. The predicted molar refractivity (Wildman–Crippen MR) is 73.2 cm³/mol. The second kappa shape index (κ2) is 8.90. The molecule has 1 fully saturated rings. The Morgan fingerprint density at radius 1 is 1.29 bits per heavy atom. The van der Waals surface area contributed by atoms with Gasteiger partial charge in [-0.05, 0) is 38.8 Å². The summed E-state index contributed by atoms with van der Waals surface area (Å²) in [5, 5.41) is 0. The van der Waals surface area contributed by atoms with Crippen molar-refractivity contribution in [1.82, 2.24) is 4.90 Å². The SMILES string of the molecule is CCN(C1CCCCC1)C(CCCN)COC. The molecule has 0 aromatic rings. The maximum absolute atomic E-state index is 5.63. The molecule has 1 atom stereocenters. The van der Waals surface area contributed by atoms with Gasteiger partial charge in [-0.1, -0.05) is 26.2 Å². The van der Waals surface area contributed by atoms with E-state index in [0.29, 0.717) is 6.04 Å². The van der Waals surface area contributed by atoms with Gasteiger partial charge in [0.1, 0.15) is 0 Å². The first kappa shape index (κ1) is 14.9. The van der Waals surface area contributed by atoms with Crippen LogP contribution in [0, 0.1) is 0 Å². The summed E-state index contributed by atoms with van der Waals surface area (Å²) in [6, 6.07) is 1.35. The second-order valence-corrected chi connectivity index (χ2v) is 5.16. The van der Waals surface area contributed by atoms with Gasteiger partial charge in [0.05, 0.1) is 6.61 Å². The molecule has 17 heavy (non-hydrogen) atoms. The van der Waals surface area contributed by atoms with E-state index in [9.17, 15) is 0 Å². The zero-order valence-corrected chi connectivity index (χ0v) is 11.7. The third-order valence-corrected chi connectivity index (χ3v) is 3.98. The first-order chi connectivity index (χ1) is 8.33. The van der Waals surface area contributed by atoms with E-state index in [1.807, 2.05) is 7.11 Å². The highest BCUT2D eigenvalue weighted by Gasteiger charge is 2.25. The molecule has 0 bridgehead atoms. The quantitative estimate of drug-likeness (QED) is 0.710. The number of ether oxygens (including phenoxy) is 1. The molecule has 0 heterocycles. The minimum atomic E-state index is 0.566. The molecule has 1 saturated carbocycles. The third-order valence-electron chi connectivity index (χ3n) is 3.98. The Morgan fingerprint density at radius 2 is 2.00 bits per heavy atom. The van der Waals surface area contributed by atoms with Crippen LogP contribution in [0.2, 0.25) is 0 Å². The van der Waals surface area contributed by atoms with E-state index in [-0.39, 0.29) is 0 Å². The topological polar surface area (TPSA) is 38.5 Å². The average molecular weight is 242 g/mol. The van der Waals surface area contributed by atoms with Crippen LogP contribution in [0.5, 0.6) is 0 Å². The molecule has 1 rings (SSSR count). The van der Waals surface area contributed by atoms with Crippen LogP contribution in [0.4, 0.5) is 0 Å². The Morgan fingerprint density at radius 3 is 2.53 bits per heavy atom. The van der Waals surface area contributed by atoms with Crippen molar-refractivity contribution in [2.75, 3.05) is 26.8 Å². The summed E-state index contributed by atoms with van der Waals surface area (Å²) >= 11 is 0. The zero-order valence-electron chi connectivity index (χ0n) is 11.7. The Balaban J connectivity index is 2.51. The van der Waals surface area contributed by atoms with Crippen molar-refractivity contribution in [1.29, 1.82) is 0 Å². The van der Waals surface area contributed by atoms with Gasteiger partial charge in [-0.3, -0.25) is 4.90 Å². The van der Waals surface area contributed by atoms with Crippen LogP contribution in [-0.2, 0) is 4.74 Å². The second-order valence-electron chi connectivity index (χ2n) is 5.16. The smallest absolute Gasteiger partial charge is 0.0618 e. The number of rotatable bonds is 8. The molecule has 0 aliphatic heterocycles. The predicted octanol–water partition coefficient (Wildman–Crippen LogP) is 2.39. The van der Waals surface area contributed by atoms with Crippen LogP contribution in [0.15, 0.2) is 0 Å². The Hall–Kier alpha value is -0.120. The fourth-order valence-electron chi connectivity index (χ4n) is 3.12. The molecule has 3 nitrogen and oxygen atoms in total. The van der Waals surface area contributed by atoms with E-state index < -0.39 is 0 Å². The number of hydrogen-bond donors (Lipinski definition) is 1. The minimum Gasteiger partial charge on any atom is -0.383 e. The Labute approximate surface area is 107 Å². The standard InChI is InChI=1S/C14H30N2O/c1-3-16(13-8-5-4-6-9-13)14(12-17-2)10-7-11-15/h13-14H,3-12,15H2,1-2H3. The van der Waals surface area contributed by atoms with Gasteiger partial charge in [0.15, 0.2) is 0 Å². The lowest BCUT2D eigenvalue weighted by atomic mass is 9.92. The maximum atomic E-state index is 5.63. The highest BCUT2D eigenvalue weighted by molar-refractivity contribution is 4.81.